The van der Waals surface area contributed by atoms with Crippen molar-refractivity contribution < 1.29 is 9.59 Å². The Labute approximate surface area is 169 Å². The number of fused-ring (bicyclic) bond motifs is 2. The van der Waals surface area contributed by atoms with Gasteiger partial charge in [0.25, 0.3) is 11.8 Å². The van der Waals surface area contributed by atoms with Crippen LogP contribution in [0.15, 0.2) is 54.9 Å². The Bertz CT molecular complexity index is 1400. The van der Waals surface area contributed by atoms with Crippen LogP contribution in [0.3, 0.4) is 0 Å². The molecule has 0 atom stereocenters. The number of carbonyl (C=O) groups is 2. The molecule has 0 radical (unpaired) electrons. The van der Waals surface area contributed by atoms with Gasteiger partial charge in [0.1, 0.15) is 0 Å². The summed E-state index contributed by atoms with van der Waals surface area (Å²) in [4.78, 5) is 39.6. The summed E-state index contributed by atoms with van der Waals surface area (Å²) in [5.41, 5.74) is 2.57. The molecule has 10 heteroatoms. The summed E-state index contributed by atoms with van der Waals surface area (Å²) in [5, 5.41) is 10.5. The second-order valence-electron chi connectivity index (χ2n) is 6.62. The maximum atomic E-state index is 12.8. The number of hydrogen-bond donors (Lipinski definition) is 4. The molecule has 5 aromatic rings. The zero-order valence-electron chi connectivity index (χ0n) is 15.8. The van der Waals surface area contributed by atoms with Crippen LogP contribution in [0.4, 0.5) is 11.9 Å². The lowest BCUT2D eigenvalue weighted by atomic mass is 10.2. The van der Waals surface area contributed by atoms with Crippen LogP contribution in [0.2, 0.25) is 0 Å². The molecule has 4 N–H and O–H groups in total. The maximum Gasteiger partial charge on any atom is 0.279 e. The van der Waals surface area contributed by atoms with Crippen LogP contribution in [0.5, 0.6) is 0 Å². The first-order valence-corrected chi connectivity index (χ1v) is 9.13. The molecule has 0 saturated carbocycles. The summed E-state index contributed by atoms with van der Waals surface area (Å²) in [6, 6.07) is 12.6. The standard InChI is InChI=1S/C20H16N8O2/c1-28-14-8-3-2-5-11(14)16(27-28)18(30)26-20-23-13-7-4-6-12(15(13)24-20)17(29)25-19-21-9-10-22-19/h2-10H,1H3,(H2,21,22,25,29)(H2,23,24,26,30). The number of aromatic nitrogens is 6. The van der Waals surface area contributed by atoms with Crippen LogP contribution in [0.25, 0.3) is 21.9 Å². The Morgan fingerprint density at radius 2 is 1.83 bits per heavy atom. The molecular formula is C20H16N8O2. The summed E-state index contributed by atoms with van der Waals surface area (Å²) in [6.07, 6.45) is 3.16. The lowest BCUT2D eigenvalue weighted by Crippen LogP contribution is -2.14. The summed E-state index contributed by atoms with van der Waals surface area (Å²) >= 11 is 0. The molecule has 0 bridgehead atoms. The fourth-order valence-corrected chi connectivity index (χ4v) is 3.34. The van der Waals surface area contributed by atoms with Gasteiger partial charge in [-0.1, -0.05) is 24.3 Å². The van der Waals surface area contributed by atoms with E-state index in [1.807, 2.05) is 24.3 Å². The van der Waals surface area contributed by atoms with E-state index in [2.05, 4.69) is 35.7 Å². The fourth-order valence-electron chi connectivity index (χ4n) is 3.34. The molecule has 0 aliphatic heterocycles. The molecule has 0 aliphatic carbocycles. The van der Waals surface area contributed by atoms with E-state index >= 15 is 0 Å². The van der Waals surface area contributed by atoms with Crippen molar-refractivity contribution in [1.29, 1.82) is 0 Å². The van der Waals surface area contributed by atoms with Crippen molar-refractivity contribution in [2.45, 2.75) is 0 Å². The number of nitrogens with one attached hydrogen (secondary N) is 4. The topological polar surface area (TPSA) is 133 Å². The van der Waals surface area contributed by atoms with Crippen LogP contribution in [0.1, 0.15) is 20.8 Å². The minimum Gasteiger partial charge on any atom is -0.331 e. The van der Waals surface area contributed by atoms with Gasteiger partial charge in [0.15, 0.2) is 5.69 Å². The van der Waals surface area contributed by atoms with E-state index in [-0.39, 0.29) is 11.9 Å². The first kappa shape index (κ1) is 17.6. The van der Waals surface area contributed by atoms with Crippen LogP contribution in [0, 0.1) is 0 Å². The number of aromatic amines is 2. The third-order valence-electron chi connectivity index (χ3n) is 4.70. The number of hydrogen-bond acceptors (Lipinski definition) is 5. The van der Waals surface area contributed by atoms with E-state index in [1.165, 1.54) is 0 Å². The van der Waals surface area contributed by atoms with Gasteiger partial charge in [-0.2, -0.15) is 5.10 Å². The first-order chi connectivity index (χ1) is 14.6. The van der Waals surface area contributed by atoms with Gasteiger partial charge in [-0.05, 0) is 18.2 Å². The van der Waals surface area contributed by atoms with Crippen molar-refractivity contribution in [1.82, 2.24) is 29.7 Å². The normalized spacial score (nSPS) is 11.1. The summed E-state index contributed by atoms with van der Waals surface area (Å²) in [6.45, 7) is 0. The quantitative estimate of drug-likeness (QED) is 0.368. The van der Waals surface area contributed by atoms with Gasteiger partial charge in [-0.3, -0.25) is 24.9 Å². The highest BCUT2D eigenvalue weighted by molar-refractivity contribution is 6.13. The van der Waals surface area contributed by atoms with Gasteiger partial charge in [-0.25, -0.2) is 9.97 Å². The number of carbonyl (C=O) groups excluding carboxylic acids is 2. The molecule has 2 amide bonds. The number of rotatable bonds is 4. The molecule has 5 rings (SSSR count). The number of imidazole rings is 2. The molecular weight excluding hydrogens is 384 g/mol. The smallest absolute Gasteiger partial charge is 0.279 e. The van der Waals surface area contributed by atoms with Crippen molar-refractivity contribution >= 4 is 45.6 Å². The van der Waals surface area contributed by atoms with Crippen LogP contribution < -0.4 is 10.6 Å². The molecule has 3 aromatic heterocycles. The van der Waals surface area contributed by atoms with E-state index in [0.717, 1.165) is 10.9 Å². The largest absolute Gasteiger partial charge is 0.331 e. The lowest BCUT2D eigenvalue weighted by Gasteiger charge is -2.02. The van der Waals surface area contributed by atoms with Crippen LogP contribution in [-0.2, 0) is 7.05 Å². The Hall–Kier alpha value is -4.47. The van der Waals surface area contributed by atoms with Gasteiger partial charge in [0.2, 0.25) is 11.9 Å². The number of aryl methyl sites for hydroxylation is 1. The van der Waals surface area contributed by atoms with Gasteiger partial charge in [-0.15, -0.1) is 0 Å². The first-order valence-electron chi connectivity index (χ1n) is 9.13. The average molecular weight is 400 g/mol. The Morgan fingerprint density at radius 1 is 1.00 bits per heavy atom. The summed E-state index contributed by atoms with van der Waals surface area (Å²) in [7, 11) is 1.78. The van der Waals surface area contributed by atoms with Crippen LogP contribution >= 0.6 is 0 Å². The molecule has 0 unspecified atom stereocenters. The Morgan fingerprint density at radius 3 is 2.67 bits per heavy atom. The summed E-state index contributed by atoms with van der Waals surface area (Å²) < 4.78 is 1.65. The summed E-state index contributed by atoms with van der Waals surface area (Å²) in [5.74, 6) is -0.185. The van der Waals surface area contributed by atoms with Crippen molar-refractivity contribution in [2.24, 2.45) is 7.05 Å². The van der Waals surface area contributed by atoms with Gasteiger partial charge >= 0.3 is 0 Å². The maximum absolute atomic E-state index is 12.8. The van der Waals surface area contributed by atoms with Crippen LogP contribution in [-0.4, -0.2) is 41.5 Å². The molecule has 0 aliphatic rings. The monoisotopic (exact) mass is 400 g/mol. The Balaban J connectivity index is 1.45. The van der Waals surface area contributed by atoms with Gasteiger partial charge in [0, 0.05) is 24.8 Å². The van der Waals surface area contributed by atoms with Crippen molar-refractivity contribution in [3.63, 3.8) is 0 Å². The molecule has 2 aromatic carbocycles. The third kappa shape index (κ3) is 2.96. The molecule has 10 nitrogen and oxygen atoms in total. The minimum atomic E-state index is -0.396. The Kier molecular flexibility index (Phi) is 4.02. The lowest BCUT2D eigenvalue weighted by molar-refractivity contribution is 0.101. The van der Waals surface area contributed by atoms with Gasteiger partial charge < -0.3 is 9.97 Å². The molecule has 0 saturated heterocycles. The minimum absolute atomic E-state index is 0.225. The number of benzene rings is 2. The highest BCUT2D eigenvalue weighted by Crippen LogP contribution is 2.22. The number of anilines is 2. The number of nitrogens with zero attached hydrogens (tertiary/aromatic N) is 4. The number of amides is 2. The second kappa shape index (κ2) is 6.85. The fraction of sp³-hybridized carbons (Fsp3) is 0.0500. The zero-order valence-corrected chi connectivity index (χ0v) is 15.8. The van der Waals surface area contributed by atoms with E-state index in [0.29, 0.717) is 28.2 Å². The second-order valence-corrected chi connectivity index (χ2v) is 6.62. The van der Waals surface area contributed by atoms with Crippen molar-refractivity contribution in [3.8, 4) is 0 Å². The van der Waals surface area contributed by atoms with E-state index in [9.17, 15) is 9.59 Å². The SMILES string of the molecule is Cn1nc(C(=O)Nc2nc3cccc(C(=O)Nc4ncc[nH]4)c3[nH]2)c2ccccc21. The predicted octanol–water partition coefficient (Wildman–Crippen LogP) is 2.68. The van der Waals surface area contributed by atoms with Gasteiger partial charge in [0.05, 0.1) is 22.1 Å². The molecule has 3 heterocycles. The number of H-pyrrole nitrogens is 2. The molecule has 30 heavy (non-hydrogen) atoms. The van der Waals surface area contributed by atoms with Crippen molar-refractivity contribution in [3.05, 3.63) is 66.1 Å². The molecule has 148 valence electrons. The van der Waals surface area contributed by atoms with E-state index in [1.54, 1.807) is 42.3 Å². The van der Waals surface area contributed by atoms with E-state index in [4.69, 9.17) is 0 Å². The highest BCUT2D eigenvalue weighted by atomic mass is 16.2. The molecule has 0 spiro atoms. The zero-order chi connectivity index (χ0) is 20.7. The molecule has 0 fully saturated rings. The average Bonchev–Trinajstić information content (AvgIpc) is 3.47. The highest BCUT2D eigenvalue weighted by Gasteiger charge is 2.19. The third-order valence-corrected chi connectivity index (χ3v) is 4.70. The van der Waals surface area contributed by atoms with E-state index < -0.39 is 5.91 Å². The number of para-hydroxylation sites is 2. The predicted molar refractivity (Wildman–Crippen MR) is 111 cm³/mol. The van der Waals surface area contributed by atoms with Crippen molar-refractivity contribution in [2.75, 3.05) is 10.6 Å².